The molecule has 2 rings (SSSR count). The number of benzene rings is 2. The number of carbonyl (C=O) groups is 5. The first-order valence-corrected chi connectivity index (χ1v) is 14.4. The van der Waals surface area contributed by atoms with Crippen molar-refractivity contribution >= 4 is 35.7 Å². The van der Waals surface area contributed by atoms with E-state index in [0.717, 1.165) is 0 Å². The molecule has 0 saturated heterocycles. The second kappa shape index (κ2) is 16.7. The lowest BCUT2D eigenvalue weighted by atomic mass is 9.95. The maximum absolute atomic E-state index is 13.6. The SMILES string of the molecule is [CH2]c1cc(C(=O)[C@H](CCCNC(N)=O)NC(=O)[C@@H](NC(=O)OC(C)(C)C)C(C)C)ccc1COC(=O)Oc1ccc([N+](=O)[O-])cc1. The van der Waals surface area contributed by atoms with Crippen molar-refractivity contribution in [2.75, 3.05) is 6.54 Å². The number of non-ortho nitro benzene ring substituents is 1. The summed E-state index contributed by atoms with van der Waals surface area (Å²) in [6.07, 6.45) is -1.41. The Morgan fingerprint density at radius 2 is 1.67 bits per heavy atom. The Kier molecular flexibility index (Phi) is 13.5. The second-order valence-corrected chi connectivity index (χ2v) is 11.6. The van der Waals surface area contributed by atoms with Crippen LogP contribution in [-0.2, 0) is 20.9 Å². The molecular formula is C31H40N5O10. The van der Waals surface area contributed by atoms with Crippen molar-refractivity contribution in [3.63, 3.8) is 0 Å². The Morgan fingerprint density at radius 1 is 1.02 bits per heavy atom. The van der Waals surface area contributed by atoms with Crippen LogP contribution < -0.4 is 26.4 Å². The number of Topliss-reactive ketones (excluding diaryl/α,β-unsaturated/α-hetero) is 1. The molecule has 46 heavy (non-hydrogen) atoms. The van der Waals surface area contributed by atoms with Crippen molar-refractivity contribution in [2.24, 2.45) is 11.7 Å². The minimum atomic E-state index is -1.06. The smallest absolute Gasteiger partial charge is 0.444 e. The van der Waals surface area contributed by atoms with Crippen LogP contribution in [0.15, 0.2) is 42.5 Å². The fourth-order valence-electron chi connectivity index (χ4n) is 4.04. The van der Waals surface area contributed by atoms with Gasteiger partial charge in [-0.3, -0.25) is 19.7 Å². The monoisotopic (exact) mass is 642 g/mol. The molecule has 4 amide bonds. The number of amides is 4. The van der Waals surface area contributed by atoms with Crippen molar-refractivity contribution < 1.29 is 43.1 Å². The standard InChI is InChI=1S/C31H40N5O10/c1-18(2)25(35-29(40)46-31(4,5)6)27(38)34-24(8-7-15-33-28(32)39)26(37)20-9-10-21(19(3)16-20)17-44-30(41)45-23-13-11-22(12-14-23)36(42)43/h9-14,16,18,24-25H,3,7-8,15,17H2,1-2,4-6H3,(H,34,38)(H,35,40)(H3,32,33,39)/t24-,25-/m0/s1. The lowest BCUT2D eigenvalue weighted by molar-refractivity contribution is -0.384. The summed E-state index contributed by atoms with van der Waals surface area (Å²) in [5.41, 5.74) is 5.20. The van der Waals surface area contributed by atoms with E-state index in [9.17, 15) is 34.1 Å². The normalized spacial score (nSPS) is 12.3. The van der Waals surface area contributed by atoms with Gasteiger partial charge in [-0.25, -0.2) is 14.4 Å². The van der Waals surface area contributed by atoms with Gasteiger partial charge in [0.2, 0.25) is 5.91 Å². The first-order valence-electron chi connectivity index (χ1n) is 14.4. The highest BCUT2D eigenvalue weighted by Gasteiger charge is 2.30. The van der Waals surface area contributed by atoms with Gasteiger partial charge in [-0.05, 0) is 75.8 Å². The van der Waals surface area contributed by atoms with Crippen LogP contribution >= 0.6 is 0 Å². The van der Waals surface area contributed by atoms with Gasteiger partial charge < -0.3 is 35.9 Å². The van der Waals surface area contributed by atoms with E-state index in [2.05, 4.69) is 22.9 Å². The fraction of sp³-hybridized carbons (Fsp3) is 0.419. The molecule has 0 aliphatic carbocycles. The number of nitrogens with two attached hydrogens (primary N) is 1. The van der Waals surface area contributed by atoms with Gasteiger partial charge in [0.25, 0.3) is 5.69 Å². The summed E-state index contributed by atoms with van der Waals surface area (Å²) in [5.74, 6) is -1.36. The molecule has 15 nitrogen and oxygen atoms in total. The minimum absolute atomic E-state index is 0.0477. The number of ether oxygens (including phenoxy) is 3. The molecule has 0 unspecified atom stereocenters. The molecule has 0 heterocycles. The molecule has 0 saturated carbocycles. The number of carbonyl (C=O) groups excluding carboxylic acids is 5. The summed E-state index contributed by atoms with van der Waals surface area (Å²) < 4.78 is 15.4. The van der Waals surface area contributed by atoms with Crippen molar-refractivity contribution in [1.82, 2.24) is 16.0 Å². The van der Waals surface area contributed by atoms with Crippen LogP contribution in [0.25, 0.3) is 0 Å². The number of nitrogens with one attached hydrogen (secondary N) is 3. The third kappa shape index (κ3) is 12.4. The van der Waals surface area contributed by atoms with Crippen LogP contribution in [0.2, 0.25) is 0 Å². The Hall–Kier alpha value is -5.21. The highest BCUT2D eigenvalue weighted by molar-refractivity contribution is 6.02. The van der Waals surface area contributed by atoms with E-state index < -0.39 is 52.6 Å². The van der Waals surface area contributed by atoms with Crippen molar-refractivity contribution in [2.45, 2.75) is 71.8 Å². The fourth-order valence-corrected chi connectivity index (χ4v) is 4.04. The van der Waals surface area contributed by atoms with E-state index in [1.807, 2.05) is 0 Å². The van der Waals surface area contributed by atoms with E-state index in [0.29, 0.717) is 17.5 Å². The molecule has 0 aromatic heterocycles. The van der Waals surface area contributed by atoms with Gasteiger partial charge in [-0.15, -0.1) is 0 Å². The van der Waals surface area contributed by atoms with Gasteiger partial charge >= 0.3 is 18.3 Å². The largest absolute Gasteiger partial charge is 0.514 e. The molecule has 1 radical (unpaired) electrons. The van der Waals surface area contributed by atoms with Crippen molar-refractivity contribution in [1.29, 1.82) is 0 Å². The Balaban J connectivity index is 2.14. The molecule has 5 N–H and O–H groups in total. The third-order valence-corrected chi connectivity index (χ3v) is 6.31. The lowest BCUT2D eigenvalue weighted by Crippen LogP contribution is -2.54. The molecule has 0 aliphatic rings. The minimum Gasteiger partial charge on any atom is -0.444 e. The van der Waals surface area contributed by atoms with Gasteiger partial charge in [-0.1, -0.05) is 26.0 Å². The number of urea groups is 1. The van der Waals surface area contributed by atoms with Crippen LogP contribution in [0, 0.1) is 23.0 Å². The number of hydrogen-bond acceptors (Lipinski definition) is 10. The van der Waals surface area contributed by atoms with Crippen LogP contribution in [0.5, 0.6) is 5.75 Å². The van der Waals surface area contributed by atoms with Crippen LogP contribution in [0.1, 0.15) is 68.9 Å². The number of nitro groups is 1. The topological polar surface area (TPSA) is 218 Å². The van der Waals surface area contributed by atoms with E-state index in [4.69, 9.17) is 19.9 Å². The van der Waals surface area contributed by atoms with Gasteiger partial charge in [0.15, 0.2) is 5.78 Å². The highest BCUT2D eigenvalue weighted by Crippen LogP contribution is 2.19. The molecule has 2 aromatic rings. The zero-order chi connectivity index (χ0) is 34.6. The summed E-state index contributed by atoms with van der Waals surface area (Å²) in [6, 6.07) is 6.57. The molecule has 15 heteroatoms. The summed E-state index contributed by atoms with van der Waals surface area (Å²) in [4.78, 5) is 72.7. The van der Waals surface area contributed by atoms with Crippen molar-refractivity contribution in [3.8, 4) is 5.75 Å². The lowest BCUT2D eigenvalue weighted by Gasteiger charge is -2.27. The predicted octanol–water partition coefficient (Wildman–Crippen LogP) is 4.16. The maximum Gasteiger partial charge on any atom is 0.514 e. The van der Waals surface area contributed by atoms with E-state index in [-0.39, 0.29) is 42.5 Å². The molecule has 249 valence electrons. The summed E-state index contributed by atoms with van der Waals surface area (Å²) >= 11 is 0. The molecule has 0 bridgehead atoms. The number of nitro benzene ring substituents is 1. The van der Waals surface area contributed by atoms with Crippen molar-refractivity contribution in [3.05, 3.63) is 76.2 Å². The number of primary amides is 1. The van der Waals surface area contributed by atoms with E-state index >= 15 is 0 Å². The molecule has 2 aromatic carbocycles. The third-order valence-electron chi connectivity index (χ3n) is 6.31. The quantitative estimate of drug-likeness (QED) is 0.0576. The Labute approximate surface area is 266 Å². The zero-order valence-electron chi connectivity index (χ0n) is 26.4. The van der Waals surface area contributed by atoms with Crippen LogP contribution in [0.3, 0.4) is 0 Å². The summed E-state index contributed by atoms with van der Waals surface area (Å²) in [7, 11) is 0. The average molecular weight is 643 g/mol. The molecular weight excluding hydrogens is 602 g/mol. The molecule has 0 aliphatic heterocycles. The number of rotatable bonds is 14. The summed E-state index contributed by atoms with van der Waals surface area (Å²) in [6.45, 7) is 12.4. The second-order valence-electron chi connectivity index (χ2n) is 11.6. The average Bonchev–Trinajstić information content (AvgIpc) is 2.95. The van der Waals surface area contributed by atoms with Gasteiger partial charge in [0.05, 0.1) is 11.0 Å². The number of hydrogen-bond donors (Lipinski definition) is 4. The van der Waals surface area contributed by atoms with Gasteiger partial charge in [0, 0.05) is 24.2 Å². The molecule has 2 atom stereocenters. The molecule has 0 spiro atoms. The Morgan fingerprint density at radius 3 is 2.22 bits per heavy atom. The number of nitrogens with zero attached hydrogens (tertiary/aromatic N) is 1. The zero-order valence-corrected chi connectivity index (χ0v) is 26.4. The molecule has 0 fully saturated rings. The summed E-state index contributed by atoms with van der Waals surface area (Å²) in [5, 5.41) is 18.5. The van der Waals surface area contributed by atoms with Gasteiger partial charge in [0.1, 0.15) is 24.0 Å². The first-order chi connectivity index (χ1) is 21.5. The predicted molar refractivity (Wildman–Crippen MR) is 166 cm³/mol. The first kappa shape index (κ1) is 37.0. The van der Waals surface area contributed by atoms with Gasteiger partial charge in [-0.2, -0.15) is 0 Å². The highest BCUT2D eigenvalue weighted by atomic mass is 16.7. The van der Waals surface area contributed by atoms with E-state index in [1.165, 1.54) is 42.5 Å². The Bertz CT molecular complexity index is 1420. The number of ketones is 1. The van der Waals surface area contributed by atoms with E-state index in [1.54, 1.807) is 34.6 Å². The number of alkyl carbamates (subject to hydrolysis) is 1. The van der Waals surface area contributed by atoms with Crippen LogP contribution in [-0.4, -0.2) is 59.1 Å². The maximum atomic E-state index is 13.6. The van der Waals surface area contributed by atoms with Crippen LogP contribution in [0.4, 0.5) is 20.1 Å².